The second-order valence-corrected chi connectivity index (χ2v) is 7.06. The Morgan fingerprint density at radius 1 is 1.30 bits per heavy atom. The molecular weight excluding hydrogens is 248 g/mol. The number of hydrogen-bond donors (Lipinski definition) is 2. The van der Waals surface area contributed by atoms with Gasteiger partial charge in [-0.2, -0.15) is 0 Å². The second kappa shape index (κ2) is 5.57. The number of amides is 1. The van der Waals surface area contributed by atoms with Crippen molar-refractivity contribution in [2.75, 3.05) is 6.54 Å². The quantitative estimate of drug-likeness (QED) is 0.886. The van der Waals surface area contributed by atoms with Gasteiger partial charge in [0.25, 0.3) is 0 Å². The first-order valence-electron chi connectivity index (χ1n) is 7.44. The molecule has 0 aliphatic heterocycles. The molecule has 0 spiro atoms. The molecule has 1 saturated carbocycles. The van der Waals surface area contributed by atoms with E-state index >= 15 is 0 Å². The van der Waals surface area contributed by atoms with Crippen LogP contribution in [0.3, 0.4) is 0 Å². The largest absolute Gasteiger partial charge is 0.354 e. The van der Waals surface area contributed by atoms with Crippen LogP contribution in [-0.2, 0) is 10.2 Å². The van der Waals surface area contributed by atoms with Crippen LogP contribution in [0.1, 0.15) is 45.6 Å². The third-order valence-electron chi connectivity index (χ3n) is 4.51. The summed E-state index contributed by atoms with van der Waals surface area (Å²) in [5.74, 6) is -0.0419. The second-order valence-electron chi connectivity index (χ2n) is 7.06. The summed E-state index contributed by atoms with van der Waals surface area (Å²) in [5.41, 5.74) is 7.25. The molecule has 0 unspecified atom stereocenters. The molecule has 0 aromatic heterocycles. The van der Waals surface area contributed by atoms with E-state index in [0.717, 1.165) is 12.8 Å². The molecule has 3 N–H and O–H groups in total. The van der Waals surface area contributed by atoms with Gasteiger partial charge in [0.1, 0.15) is 0 Å². The van der Waals surface area contributed by atoms with E-state index in [2.05, 4.69) is 29.6 Å². The fourth-order valence-electron chi connectivity index (χ4n) is 2.72. The lowest BCUT2D eigenvalue weighted by molar-refractivity contribution is -0.125. The highest BCUT2D eigenvalue weighted by atomic mass is 16.2. The van der Waals surface area contributed by atoms with E-state index in [0.29, 0.717) is 6.54 Å². The Labute approximate surface area is 121 Å². The standard InChI is InChI=1S/C17H26N2O/c1-16(2,3)14(18)15(20)19-12-17(10-7-11-17)13-8-5-4-6-9-13/h4-6,8-9,14H,7,10-12,18H2,1-3H3,(H,19,20)/t14-/m1/s1. The van der Waals surface area contributed by atoms with Gasteiger partial charge < -0.3 is 11.1 Å². The van der Waals surface area contributed by atoms with Crippen LogP contribution >= 0.6 is 0 Å². The van der Waals surface area contributed by atoms with Gasteiger partial charge in [-0.3, -0.25) is 4.79 Å². The molecule has 1 fully saturated rings. The SMILES string of the molecule is CC(C)(C)[C@H](N)C(=O)NCC1(c2ccccc2)CCC1. The highest BCUT2D eigenvalue weighted by Crippen LogP contribution is 2.43. The van der Waals surface area contributed by atoms with Crippen LogP contribution < -0.4 is 11.1 Å². The van der Waals surface area contributed by atoms with Crippen molar-refractivity contribution in [1.82, 2.24) is 5.32 Å². The summed E-state index contributed by atoms with van der Waals surface area (Å²) in [7, 11) is 0. The average Bonchev–Trinajstić information content (AvgIpc) is 2.36. The maximum Gasteiger partial charge on any atom is 0.237 e. The predicted octanol–water partition coefficient (Wildman–Crippen LogP) is 2.60. The molecule has 20 heavy (non-hydrogen) atoms. The third kappa shape index (κ3) is 3.04. The number of carbonyl (C=O) groups excluding carboxylic acids is 1. The van der Waals surface area contributed by atoms with Crippen LogP contribution in [0.4, 0.5) is 0 Å². The molecule has 1 aromatic carbocycles. The van der Waals surface area contributed by atoms with E-state index in [4.69, 9.17) is 5.73 Å². The zero-order chi connectivity index (χ0) is 14.8. The fraction of sp³-hybridized carbons (Fsp3) is 0.588. The fourth-order valence-corrected chi connectivity index (χ4v) is 2.72. The number of nitrogens with one attached hydrogen (secondary N) is 1. The van der Waals surface area contributed by atoms with Crippen LogP contribution in [0.5, 0.6) is 0 Å². The van der Waals surface area contributed by atoms with Gasteiger partial charge >= 0.3 is 0 Å². The van der Waals surface area contributed by atoms with Gasteiger partial charge in [0.2, 0.25) is 5.91 Å². The van der Waals surface area contributed by atoms with E-state index in [1.165, 1.54) is 12.0 Å². The smallest absolute Gasteiger partial charge is 0.237 e. The maximum atomic E-state index is 12.2. The summed E-state index contributed by atoms with van der Waals surface area (Å²) in [4.78, 5) is 12.2. The zero-order valence-corrected chi connectivity index (χ0v) is 12.8. The Morgan fingerprint density at radius 3 is 2.35 bits per heavy atom. The normalized spacial score (nSPS) is 19.0. The summed E-state index contributed by atoms with van der Waals surface area (Å²) in [6.07, 6.45) is 3.51. The molecule has 1 aliphatic carbocycles. The van der Waals surface area contributed by atoms with Gasteiger partial charge in [0, 0.05) is 12.0 Å². The van der Waals surface area contributed by atoms with E-state index in [-0.39, 0.29) is 16.7 Å². The molecule has 1 aliphatic rings. The number of rotatable bonds is 4. The molecule has 0 radical (unpaired) electrons. The van der Waals surface area contributed by atoms with Gasteiger partial charge in [-0.15, -0.1) is 0 Å². The van der Waals surface area contributed by atoms with Crippen molar-refractivity contribution in [1.29, 1.82) is 0 Å². The van der Waals surface area contributed by atoms with Crippen molar-refractivity contribution in [3.63, 3.8) is 0 Å². The lowest BCUT2D eigenvalue weighted by Gasteiger charge is -2.43. The topological polar surface area (TPSA) is 55.1 Å². The van der Waals surface area contributed by atoms with Crippen molar-refractivity contribution in [2.24, 2.45) is 11.1 Å². The summed E-state index contributed by atoms with van der Waals surface area (Å²) in [5, 5.41) is 3.07. The molecule has 110 valence electrons. The highest BCUT2D eigenvalue weighted by molar-refractivity contribution is 5.82. The van der Waals surface area contributed by atoms with Gasteiger partial charge in [-0.05, 0) is 23.8 Å². The zero-order valence-electron chi connectivity index (χ0n) is 12.8. The molecule has 3 nitrogen and oxygen atoms in total. The van der Waals surface area contributed by atoms with Crippen LogP contribution in [0.15, 0.2) is 30.3 Å². The van der Waals surface area contributed by atoms with Crippen LogP contribution in [0.25, 0.3) is 0 Å². The Bertz CT molecular complexity index is 458. The highest BCUT2D eigenvalue weighted by Gasteiger charge is 2.39. The molecule has 0 bridgehead atoms. The average molecular weight is 274 g/mol. The van der Waals surface area contributed by atoms with Crippen molar-refractivity contribution in [3.05, 3.63) is 35.9 Å². The van der Waals surface area contributed by atoms with Crippen LogP contribution in [0, 0.1) is 5.41 Å². The summed E-state index contributed by atoms with van der Waals surface area (Å²) < 4.78 is 0. The minimum absolute atomic E-state index is 0.0419. The van der Waals surface area contributed by atoms with Crippen molar-refractivity contribution >= 4 is 5.91 Å². The number of hydrogen-bond acceptors (Lipinski definition) is 2. The number of benzene rings is 1. The molecule has 0 heterocycles. The lowest BCUT2D eigenvalue weighted by atomic mass is 9.64. The molecule has 1 amide bonds. The van der Waals surface area contributed by atoms with E-state index in [1.54, 1.807) is 0 Å². The van der Waals surface area contributed by atoms with E-state index in [1.807, 2.05) is 26.8 Å². The monoisotopic (exact) mass is 274 g/mol. The van der Waals surface area contributed by atoms with E-state index in [9.17, 15) is 4.79 Å². The Morgan fingerprint density at radius 2 is 1.90 bits per heavy atom. The molecule has 1 aromatic rings. The van der Waals surface area contributed by atoms with Gasteiger partial charge in [-0.1, -0.05) is 57.5 Å². The van der Waals surface area contributed by atoms with Crippen LogP contribution in [-0.4, -0.2) is 18.5 Å². The molecule has 3 heteroatoms. The first-order valence-corrected chi connectivity index (χ1v) is 7.44. The Balaban J connectivity index is 2.00. The molecule has 2 rings (SSSR count). The number of carbonyl (C=O) groups is 1. The van der Waals surface area contributed by atoms with Crippen molar-refractivity contribution in [3.8, 4) is 0 Å². The molecular formula is C17H26N2O. The minimum Gasteiger partial charge on any atom is -0.354 e. The summed E-state index contributed by atoms with van der Waals surface area (Å²) in [6, 6.07) is 10.0. The minimum atomic E-state index is -0.463. The first kappa shape index (κ1) is 15.0. The van der Waals surface area contributed by atoms with Crippen molar-refractivity contribution in [2.45, 2.75) is 51.5 Å². The maximum absolute atomic E-state index is 12.2. The third-order valence-corrected chi connectivity index (χ3v) is 4.51. The summed E-state index contributed by atoms with van der Waals surface area (Å²) in [6.45, 7) is 6.67. The van der Waals surface area contributed by atoms with E-state index < -0.39 is 6.04 Å². The number of nitrogens with two attached hydrogens (primary N) is 1. The molecule has 0 saturated heterocycles. The van der Waals surface area contributed by atoms with Gasteiger partial charge in [-0.25, -0.2) is 0 Å². The Hall–Kier alpha value is -1.35. The predicted molar refractivity (Wildman–Crippen MR) is 82.4 cm³/mol. The molecule has 1 atom stereocenters. The summed E-state index contributed by atoms with van der Waals surface area (Å²) >= 11 is 0. The van der Waals surface area contributed by atoms with Crippen LogP contribution in [0.2, 0.25) is 0 Å². The van der Waals surface area contributed by atoms with Gasteiger partial charge in [0.05, 0.1) is 6.04 Å². The Kier molecular flexibility index (Phi) is 4.19. The van der Waals surface area contributed by atoms with Crippen molar-refractivity contribution < 1.29 is 4.79 Å². The first-order chi connectivity index (χ1) is 9.35. The lowest BCUT2D eigenvalue weighted by Crippen LogP contribution is -2.53. The van der Waals surface area contributed by atoms with Gasteiger partial charge in [0.15, 0.2) is 0 Å².